The summed E-state index contributed by atoms with van der Waals surface area (Å²) in [6.45, 7) is 2.53. The molecule has 0 aliphatic carbocycles. The highest BCUT2D eigenvalue weighted by Gasteiger charge is 2.47. The first-order chi connectivity index (χ1) is 14.2. The van der Waals surface area contributed by atoms with Gasteiger partial charge in [0.05, 0.1) is 18.7 Å². The minimum Gasteiger partial charge on any atom is -0.497 e. The highest BCUT2D eigenvalue weighted by molar-refractivity contribution is 6.06. The van der Waals surface area contributed by atoms with E-state index in [1.165, 1.54) is 0 Å². The van der Waals surface area contributed by atoms with Gasteiger partial charge < -0.3 is 19.9 Å². The predicted molar refractivity (Wildman–Crippen MR) is 111 cm³/mol. The lowest BCUT2D eigenvalue weighted by atomic mass is 9.89. The quantitative estimate of drug-likeness (QED) is 0.722. The lowest BCUT2D eigenvalue weighted by molar-refractivity contribution is 0.0715. The first-order valence-electron chi connectivity index (χ1n) is 9.93. The molecule has 3 heterocycles. The van der Waals surface area contributed by atoms with Crippen LogP contribution in [-0.2, 0) is 0 Å². The lowest BCUT2D eigenvalue weighted by Gasteiger charge is -2.29. The van der Waals surface area contributed by atoms with Gasteiger partial charge in [-0.15, -0.1) is 0 Å². The predicted octanol–water partition coefficient (Wildman–Crippen LogP) is 2.57. The molecule has 0 unspecified atom stereocenters. The van der Waals surface area contributed by atoms with Crippen molar-refractivity contribution in [2.45, 2.75) is 6.04 Å². The number of hydrogen-bond donors (Lipinski definition) is 2. The Hall–Kier alpha value is -3.12. The molecule has 2 aromatic carbocycles. The van der Waals surface area contributed by atoms with Crippen LogP contribution in [0, 0.1) is 11.8 Å². The van der Waals surface area contributed by atoms with E-state index >= 15 is 0 Å². The van der Waals surface area contributed by atoms with Crippen LogP contribution in [0.25, 0.3) is 10.8 Å². The summed E-state index contributed by atoms with van der Waals surface area (Å²) in [5, 5.41) is 4.71. The molecule has 148 valence electrons. The van der Waals surface area contributed by atoms with Crippen LogP contribution < -0.4 is 15.6 Å². The van der Waals surface area contributed by atoms with Crippen molar-refractivity contribution in [1.82, 2.24) is 15.2 Å². The molecule has 0 radical (unpaired) electrons. The Kier molecular flexibility index (Phi) is 4.36. The summed E-state index contributed by atoms with van der Waals surface area (Å²) in [7, 11) is 1.65. The van der Waals surface area contributed by atoms with Gasteiger partial charge in [0.25, 0.3) is 11.5 Å². The fourth-order valence-corrected chi connectivity index (χ4v) is 4.90. The van der Waals surface area contributed by atoms with E-state index in [-0.39, 0.29) is 17.5 Å². The fourth-order valence-electron chi connectivity index (χ4n) is 4.90. The summed E-state index contributed by atoms with van der Waals surface area (Å²) in [5.41, 5.74) is 1.49. The van der Waals surface area contributed by atoms with Gasteiger partial charge in [-0.1, -0.05) is 30.3 Å². The third kappa shape index (κ3) is 2.91. The SMILES string of the molecule is COc1ccc([C@@H]2[C@H]3CNC[C@H]3CN2C(=O)c2c[nH]c(=O)c3ccccc23)cc1. The number of methoxy groups -OCH3 is 1. The number of fused-ring (bicyclic) bond motifs is 2. The molecule has 5 rings (SSSR count). The number of aromatic amines is 1. The molecule has 2 fully saturated rings. The number of benzene rings is 2. The van der Waals surface area contributed by atoms with Crippen LogP contribution in [0.2, 0.25) is 0 Å². The molecule has 1 amide bonds. The van der Waals surface area contributed by atoms with Gasteiger partial charge in [-0.3, -0.25) is 9.59 Å². The minimum absolute atomic E-state index is 0.000837. The highest BCUT2D eigenvalue weighted by atomic mass is 16.5. The molecular formula is C23H23N3O3. The number of nitrogens with zero attached hydrogens (tertiary/aromatic N) is 1. The molecule has 3 aromatic rings. The van der Waals surface area contributed by atoms with Crippen molar-refractivity contribution >= 4 is 16.7 Å². The van der Waals surface area contributed by atoms with E-state index in [0.717, 1.165) is 24.4 Å². The molecule has 1 aromatic heterocycles. The molecule has 2 N–H and O–H groups in total. The molecule has 2 saturated heterocycles. The fraction of sp³-hybridized carbons (Fsp3) is 0.304. The molecule has 2 aliphatic rings. The van der Waals surface area contributed by atoms with Crippen LogP contribution in [0.3, 0.4) is 0 Å². The molecule has 6 nitrogen and oxygen atoms in total. The standard InChI is InChI=1S/C23H23N3O3/c1-29-16-8-6-14(7-9-16)21-19-11-24-10-15(19)13-26(21)23(28)20-12-25-22(27)18-5-3-2-4-17(18)20/h2-9,12,15,19,21,24H,10-11,13H2,1H3,(H,25,27)/t15-,19-,21+/m0/s1. The molecular weight excluding hydrogens is 366 g/mol. The zero-order valence-electron chi connectivity index (χ0n) is 16.2. The van der Waals surface area contributed by atoms with Crippen molar-refractivity contribution in [3.05, 3.63) is 76.2 Å². The number of H-pyrrole nitrogens is 1. The van der Waals surface area contributed by atoms with Crippen LogP contribution >= 0.6 is 0 Å². The summed E-state index contributed by atoms with van der Waals surface area (Å²) < 4.78 is 5.29. The van der Waals surface area contributed by atoms with Gasteiger partial charge in [0.15, 0.2) is 0 Å². The molecule has 3 atom stereocenters. The monoisotopic (exact) mass is 389 g/mol. The topological polar surface area (TPSA) is 74.4 Å². The number of carbonyl (C=O) groups is 1. The van der Waals surface area contributed by atoms with Crippen molar-refractivity contribution < 1.29 is 9.53 Å². The van der Waals surface area contributed by atoms with E-state index < -0.39 is 0 Å². The Labute approximate surface area is 168 Å². The van der Waals surface area contributed by atoms with Crippen molar-refractivity contribution in [3.63, 3.8) is 0 Å². The Balaban J connectivity index is 1.57. The summed E-state index contributed by atoms with van der Waals surface area (Å²) in [4.78, 5) is 30.6. The van der Waals surface area contributed by atoms with E-state index in [4.69, 9.17) is 4.74 Å². The summed E-state index contributed by atoms with van der Waals surface area (Å²) in [6.07, 6.45) is 1.56. The Morgan fingerprint density at radius 1 is 1.07 bits per heavy atom. The van der Waals surface area contributed by atoms with E-state index in [1.54, 1.807) is 19.4 Å². The number of nitrogens with one attached hydrogen (secondary N) is 2. The zero-order chi connectivity index (χ0) is 20.0. The number of aromatic nitrogens is 1. The van der Waals surface area contributed by atoms with E-state index in [2.05, 4.69) is 22.4 Å². The number of likely N-dealkylation sites (tertiary alicyclic amines) is 1. The van der Waals surface area contributed by atoms with Crippen LogP contribution in [-0.4, -0.2) is 42.5 Å². The Morgan fingerprint density at radius 2 is 1.83 bits per heavy atom. The lowest BCUT2D eigenvalue weighted by Crippen LogP contribution is -2.35. The van der Waals surface area contributed by atoms with Gasteiger partial charge in [0.2, 0.25) is 0 Å². The maximum atomic E-state index is 13.7. The Bertz CT molecular complexity index is 1120. The van der Waals surface area contributed by atoms with Gasteiger partial charge in [-0.25, -0.2) is 0 Å². The van der Waals surface area contributed by atoms with Crippen molar-refractivity contribution in [2.24, 2.45) is 11.8 Å². The maximum Gasteiger partial charge on any atom is 0.256 e. The van der Waals surface area contributed by atoms with Crippen LogP contribution in [0.1, 0.15) is 22.0 Å². The number of carbonyl (C=O) groups excluding carboxylic acids is 1. The second kappa shape index (κ2) is 7.04. The number of hydrogen-bond acceptors (Lipinski definition) is 4. The van der Waals surface area contributed by atoms with Gasteiger partial charge in [0.1, 0.15) is 5.75 Å². The largest absolute Gasteiger partial charge is 0.497 e. The summed E-state index contributed by atoms with van der Waals surface area (Å²) in [6, 6.07) is 15.3. The van der Waals surface area contributed by atoms with Gasteiger partial charge in [-0.05, 0) is 29.7 Å². The third-order valence-electron chi connectivity index (χ3n) is 6.32. The van der Waals surface area contributed by atoms with Crippen molar-refractivity contribution in [3.8, 4) is 5.75 Å². The number of ether oxygens (including phenoxy) is 1. The smallest absolute Gasteiger partial charge is 0.256 e. The minimum atomic E-state index is -0.175. The summed E-state index contributed by atoms with van der Waals surface area (Å²) >= 11 is 0. The molecule has 6 heteroatoms. The summed E-state index contributed by atoms with van der Waals surface area (Å²) in [5.74, 6) is 1.58. The average Bonchev–Trinajstić information content (AvgIpc) is 3.35. The van der Waals surface area contributed by atoms with Crippen LogP contribution in [0.15, 0.2) is 59.5 Å². The van der Waals surface area contributed by atoms with Gasteiger partial charge in [-0.2, -0.15) is 0 Å². The second-order valence-corrected chi connectivity index (χ2v) is 7.83. The van der Waals surface area contributed by atoms with Crippen molar-refractivity contribution in [2.75, 3.05) is 26.7 Å². The Morgan fingerprint density at radius 3 is 2.59 bits per heavy atom. The highest BCUT2D eigenvalue weighted by Crippen LogP contribution is 2.43. The molecule has 0 bridgehead atoms. The van der Waals surface area contributed by atoms with E-state index in [0.29, 0.717) is 34.7 Å². The molecule has 29 heavy (non-hydrogen) atoms. The third-order valence-corrected chi connectivity index (χ3v) is 6.32. The number of pyridine rings is 1. The first-order valence-corrected chi connectivity index (χ1v) is 9.93. The first kappa shape index (κ1) is 17.9. The van der Waals surface area contributed by atoms with Crippen LogP contribution in [0.5, 0.6) is 5.75 Å². The van der Waals surface area contributed by atoms with Crippen molar-refractivity contribution in [1.29, 1.82) is 0 Å². The average molecular weight is 389 g/mol. The normalized spacial score (nSPS) is 23.3. The van der Waals surface area contributed by atoms with E-state index in [9.17, 15) is 9.59 Å². The maximum absolute atomic E-state index is 13.7. The molecule has 2 aliphatic heterocycles. The van der Waals surface area contributed by atoms with Crippen LogP contribution in [0.4, 0.5) is 0 Å². The second-order valence-electron chi connectivity index (χ2n) is 7.83. The van der Waals surface area contributed by atoms with Gasteiger partial charge in [0, 0.05) is 42.5 Å². The molecule has 0 saturated carbocycles. The van der Waals surface area contributed by atoms with E-state index in [1.807, 2.05) is 35.2 Å². The number of amides is 1. The number of rotatable bonds is 3. The van der Waals surface area contributed by atoms with Gasteiger partial charge >= 0.3 is 0 Å². The molecule has 0 spiro atoms. The zero-order valence-corrected chi connectivity index (χ0v) is 16.2.